The fraction of sp³-hybridized carbons (Fsp3) is 0.674. The quantitative estimate of drug-likeness (QED) is 0.0232. The van der Waals surface area contributed by atoms with Crippen molar-refractivity contribution in [3.8, 4) is 0 Å². The van der Waals surface area contributed by atoms with E-state index in [1.807, 2.05) is 0 Å². The molecule has 0 heterocycles. The molecule has 332 valence electrons. The molecular weight excluding hydrogens is 757 g/mol. The summed E-state index contributed by atoms with van der Waals surface area (Å²) in [5.41, 5.74) is 5.33. The Kier molecular flexibility index (Phi) is 38.5. The van der Waals surface area contributed by atoms with Gasteiger partial charge < -0.3 is 25.2 Å². The van der Waals surface area contributed by atoms with E-state index in [0.29, 0.717) is 12.8 Å². The summed E-state index contributed by atoms with van der Waals surface area (Å²) in [6.07, 6.45) is 48.2. The Bertz CT molecular complexity index is 1260. The lowest BCUT2D eigenvalue weighted by Crippen LogP contribution is -2.34. The Morgan fingerprint density at radius 3 is 1.48 bits per heavy atom. The molecule has 0 aromatic rings. The van der Waals surface area contributed by atoms with Gasteiger partial charge in [0.1, 0.15) is 12.6 Å². The first-order valence-electron chi connectivity index (χ1n) is 22.0. The van der Waals surface area contributed by atoms with Crippen LogP contribution >= 0.6 is 7.82 Å². The van der Waals surface area contributed by atoms with E-state index in [-0.39, 0.29) is 19.4 Å². The molecule has 3 atom stereocenters. The second-order valence-electron chi connectivity index (χ2n) is 14.4. The van der Waals surface area contributed by atoms with Crippen LogP contribution in [0.3, 0.4) is 0 Å². The average molecular weight is 836 g/mol. The van der Waals surface area contributed by atoms with Gasteiger partial charge in [0.2, 0.25) is 0 Å². The third kappa shape index (κ3) is 39.7. The molecule has 0 amide bonds. The largest absolute Gasteiger partial charge is 0.480 e. The predicted molar refractivity (Wildman–Crippen MR) is 235 cm³/mol. The third-order valence-electron chi connectivity index (χ3n) is 8.94. The second-order valence-corrected chi connectivity index (χ2v) is 15.9. The number of allylic oxidation sites excluding steroid dienone is 12. The minimum atomic E-state index is -4.73. The molecule has 0 rings (SSSR count). The lowest BCUT2D eigenvalue weighted by molar-refractivity contribution is -0.161. The molecule has 0 spiro atoms. The van der Waals surface area contributed by atoms with Crippen LogP contribution in [0.2, 0.25) is 0 Å². The van der Waals surface area contributed by atoms with Gasteiger partial charge in [-0.2, -0.15) is 0 Å². The van der Waals surface area contributed by atoms with Gasteiger partial charge in [-0.1, -0.05) is 145 Å². The van der Waals surface area contributed by atoms with E-state index >= 15 is 0 Å². The molecule has 0 aliphatic carbocycles. The number of phosphoric ester groups is 1. The van der Waals surface area contributed by atoms with Crippen LogP contribution in [0.5, 0.6) is 0 Å². The molecule has 12 heteroatoms. The fourth-order valence-electron chi connectivity index (χ4n) is 5.50. The molecule has 0 bridgehead atoms. The first-order valence-corrected chi connectivity index (χ1v) is 23.5. The second kappa shape index (κ2) is 40.7. The standard InChI is InChI=1S/C46H78NO10P/c1-3-5-7-9-11-13-15-17-19-20-21-22-24-26-28-30-32-34-36-38-45(49)57-42(40-55-58(52,53)56-41-43(47)46(50)51)39-54-44(48)37-35-33-31-29-27-25-23-18-16-14-12-10-8-6-4-2/h6,8,11-14,17-19,23,27,29,42-43H,3-5,7,9-10,15-16,20-22,24-26,28,30-41,47H2,1-2H3,(H,50,51)(H,52,53)/b8-6+,13-11+,14-12+,19-17+,23-18+,29-27+/t42-,43+/m1/s1. The molecule has 4 N–H and O–H groups in total. The van der Waals surface area contributed by atoms with Crippen LogP contribution in [-0.2, 0) is 37.5 Å². The number of nitrogens with two attached hydrogens (primary N) is 1. The summed E-state index contributed by atoms with van der Waals surface area (Å²) >= 11 is 0. The van der Waals surface area contributed by atoms with Crippen molar-refractivity contribution >= 4 is 25.7 Å². The van der Waals surface area contributed by atoms with E-state index in [2.05, 4.69) is 91.3 Å². The van der Waals surface area contributed by atoms with Gasteiger partial charge in [0.15, 0.2) is 6.10 Å². The van der Waals surface area contributed by atoms with E-state index in [9.17, 15) is 23.8 Å². The average Bonchev–Trinajstić information content (AvgIpc) is 3.20. The number of carboxylic acid groups (broad SMARTS) is 1. The number of esters is 2. The summed E-state index contributed by atoms with van der Waals surface area (Å²) in [5.74, 6) is -2.44. The van der Waals surface area contributed by atoms with Crippen molar-refractivity contribution in [1.82, 2.24) is 0 Å². The van der Waals surface area contributed by atoms with Gasteiger partial charge in [0, 0.05) is 12.8 Å². The minimum Gasteiger partial charge on any atom is -0.480 e. The van der Waals surface area contributed by atoms with E-state index < -0.39 is 51.1 Å². The monoisotopic (exact) mass is 836 g/mol. The normalized spacial score (nSPS) is 14.4. The molecule has 0 radical (unpaired) electrons. The third-order valence-corrected chi connectivity index (χ3v) is 9.89. The maximum Gasteiger partial charge on any atom is 0.472 e. The zero-order chi connectivity index (χ0) is 42.8. The summed E-state index contributed by atoms with van der Waals surface area (Å²) in [7, 11) is -4.73. The Morgan fingerprint density at radius 2 is 0.966 bits per heavy atom. The highest BCUT2D eigenvalue weighted by atomic mass is 31.2. The van der Waals surface area contributed by atoms with Crippen molar-refractivity contribution in [2.75, 3.05) is 19.8 Å². The van der Waals surface area contributed by atoms with Gasteiger partial charge in [-0.15, -0.1) is 0 Å². The molecule has 0 saturated heterocycles. The van der Waals surface area contributed by atoms with Gasteiger partial charge in [-0.05, 0) is 83.5 Å². The Hall–Kier alpha value is -3.08. The van der Waals surface area contributed by atoms with Crippen LogP contribution in [0.1, 0.15) is 168 Å². The van der Waals surface area contributed by atoms with Gasteiger partial charge >= 0.3 is 25.7 Å². The number of ether oxygens (including phenoxy) is 2. The lowest BCUT2D eigenvalue weighted by Gasteiger charge is -2.20. The number of carboxylic acids is 1. The first kappa shape index (κ1) is 54.9. The highest BCUT2D eigenvalue weighted by Crippen LogP contribution is 2.43. The van der Waals surface area contributed by atoms with E-state index in [1.165, 1.54) is 57.8 Å². The predicted octanol–water partition coefficient (Wildman–Crippen LogP) is 11.7. The number of phosphoric acid groups is 1. The van der Waals surface area contributed by atoms with Crippen LogP contribution < -0.4 is 5.73 Å². The maximum absolute atomic E-state index is 12.6. The van der Waals surface area contributed by atoms with Crippen LogP contribution in [0.25, 0.3) is 0 Å². The molecule has 58 heavy (non-hydrogen) atoms. The number of carbonyl (C=O) groups excluding carboxylic acids is 2. The fourth-order valence-corrected chi connectivity index (χ4v) is 6.27. The Labute approximate surface area is 350 Å². The number of carbonyl (C=O) groups is 3. The van der Waals surface area contributed by atoms with Crippen LogP contribution in [0.15, 0.2) is 72.9 Å². The number of aliphatic carboxylic acids is 1. The van der Waals surface area contributed by atoms with Gasteiger partial charge in [-0.3, -0.25) is 23.4 Å². The van der Waals surface area contributed by atoms with E-state index in [1.54, 1.807) is 0 Å². The SMILES string of the molecule is CC/C=C/C/C=C/C/C=C/C/C=C/CCCCC(=O)OC[C@H](COP(=O)(O)OC[C@H](N)C(=O)O)OC(=O)CCCCCCCCCCC/C=C/C/C=C/CCCCC. The smallest absolute Gasteiger partial charge is 0.472 e. The van der Waals surface area contributed by atoms with Crippen molar-refractivity contribution in [1.29, 1.82) is 0 Å². The molecule has 1 unspecified atom stereocenters. The van der Waals surface area contributed by atoms with Crippen LogP contribution in [0, 0.1) is 0 Å². The summed E-state index contributed by atoms with van der Waals surface area (Å²) in [6.45, 7) is 2.61. The van der Waals surface area contributed by atoms with E-state index in [4.69, 9.17) is 24.8 Å². The van der Waals surface area contributed by atoms with Crippen molar-refractivity contribution in [2.24, 2.45) is 5.73 Å². The van der Waals surface area contributed by atoms with Gasteiger partial charge in [0.05, 0.1) is 13.2 Å². The van der Waals surface area contributed by atoms with E-state index in [0.717, 1.165) is 70.6 Å². The summed E-state index contributed by atoms with van der Waals surface area (Å²) in [5, 5.41) is 8.89. The highest BCUT2D eigenvalue weighted by Gasteiger charge is 2.28. The maximum atomic E-state index is 12.6. The number of hydrogen-bond acceptors (Lipinski definition) is 9. The number of hydrogen-bond donors (Lipinski definition) is 3. The highest BCUT2D eigenvalue weighted by molar-refractivity contribution is 7.47. The molecule has 0 aliphatic rings. The Balaban J connectivity index is 4.42. The molecule has 0 aliphatic heterocycles. The molecule has 0 fully saturated rings. The molecule has 0 aromatic carbocycles. The number of unbranched alkanes of at least 4 members (excludes halogenated alkanes) is 14. The van der Waals surface area contributed by atoms with Crippen LogP contribution in [-0.4, -0.2) is 59.9 Å². The number of rotatable bonds is 40. The topological polar surface area (TPSA) is 172 Å². The summed E-state index contributed by atoms with van der Waals surface area (Å²) < 4.78 is 32.7. The molecular formula is C46H78NO10P. The summed E-state index contributed by atoms with van der Waals surface area (Å²) in [4.78, 5) is 46.0. The van der Waals surface area contributed by atoms with Crippen molar-refractivity contribution < 1.29 is 47.5 Å². The van der Waals surface area contributed by atoms with Gasteiger partial charge in [-0.25, -0.2) is 4.57 Å². The Morgan fingerprint density at radius 1 is 0.552 bits per heavy atom. The van der Waals surface area contributed by atoms with Crippen molar-refractivity contribution in [2.45, 2.75) is 180 Å². The van der Waals surface area contributed by atoms with Crippen LogP contribution in [0.4, 0.5) is 0 Å². The molecule has 0 saturated carbocycles. The van der Waals surface area contributed by atoms with Crippen molar-refractivity contribution in [3.63, 3.8) is 0 Å². The zero-order valence-corrected chi connectivity index (χ0v) is 36.8. The molecule has 0 aromatic heterocycles. The van der Waals surface area contributed by atoms with Crippen molar-refractivity contribution in [3.05, 3.63) is 72.9 Å². The minimum absolute atomic E-state index is 0.144. The molecule has 11 nitrogen and oxygen atoms in total. The first-order chi connectivity index (χ1) is 28.1. The zero-order valence-electron chi connectivity index (χ0n) is 35.9. The summed E-state index contributed by atoms with van der Waals surface area (Å²) in [6, 6.07) is -1.53. The van der Waals surface area contributed by atoms with Gasteiger partial charge in [0.25, 0.3) is 0 Å². The lowest BCUT2D eigenvalue weighted by atomic mass is 10.1.